The number of nitrogens with two attached hydrogens (primary N) is 1. The lowest BCUT2D eigenvalue weighted by atomic mass is 9.86. The Balaban J connectivity index is 1.98. The number of aliphatic imine (C=N–C) groups is 1. The fourth-order valence-corrected chi connectivity index (χ4v) is 1.82. The minimum atomic E-state index is 0.623. The van der Waals surface area contributed by atoms with Gasteiger partial charge in [-0.05, 0) is 37.2 Å². The Kier molecular flexibility index (Phi) is 5.83. The van der Waals surface area contributed by atoms with Crippen LogP contribution in [0.1, 0.15) is 25.7 Å². The Hall–Kier alpha value is -0.380. The molecule has 1 aliphatic rings. The Labute approximate surface area is 90.9 Å². The molecule has 1 rings (SSSR count). The molecule has 0 unspecified atom stereocenters. The summed E-state index contributed by atoms with van der Waals surface area (Å²) in [5, 5.41) is 3.14. The third-order valence-electron chi connectivity index (χ3n) is 2.58. The van der Waals surface area contributed by atoms with Crippen LogP contribution in [0.4, 0.5) is 0 Å². The first-order valence-corrected chi connectivity index (χ1v) is 6.75. The van der Waals surface area contributed by atoms with E-state index in [1.165, 1.54) is 25.0 Å². The Morgan fingerprint density at radius 3 is 2.93 bits per heavy atom. The van der Waals surface area contributed by atoms with Crippen molar-refractivity contribution >= 4 is 17.7 Å². The summed E-state index contributed by atoms with van der Waals surface area (Å²) in [6.07, 6.45) is 7.32. The molecular formula is C10H21N3S. The van der Waals surface area contributed by atoms with Crippen LogP contribution in [0.5, 0.6) is 0 Å². The van der Waals surface area contributed by atoms with Gasteiger partial charge in [0.2, 0.25) is 0 Å². The molecule has 0 aromatic heterocycles. The lowest BCUT2D eigenvalue weighted by molar-refractivity contribution is 0.326. The quantitative estimate of drug-likeness (QED) is 0.400. The van der Waals surface area contributed by atoms with Crippen molar-refractivity contribution in [1.82, 2.24) is 5.32 Å². The van der Waals surface area contributed by atoms with Crippen molar-refractivity contribution in [1.29, 1.82) is 0 Å². The van der Waals surface area contributed by atoms with E-state index in [1.807, 2.05) is 11.8 Å². The van der Waals surface area contributed by atoms with Gasteiger partial charge in [0.15, 0.2) is 5.96 Å². The van der Waals surface area contributed by atoms with Crippen molar-refractivity contribution in [2.75, 3.05) is 25.1 Å². The van der Waals surface area contributed by atoms with Gasteiger partial charge in [-0.1, -0.05) is 6.42 Å². The molecule has 3 N–H and O–H groups in total. The van der Waals surface area contributed by atoms with Crippen molar-refractivity contribution in [3.8, 4) is 0 Å². The van der Waals surface area contributed by atoms with Gasteiger partial charge in [-0.15, -0.1) is 0 Å². The van der Waals surface area contributed by atoms with Crippen LogP contribution in [0.3, 0.4) is 0 Å². The van der Waals surface area contributed by atoms with E-state index in [9.17, 15) is 0 Å². The Morgan fingerprint density at radius 2 is 2.36 bits per heavy atom. The Bertz CT molecular complexity index is 178. The molecule has 0 atom stereocenters. The number of hydrogen-bond donors (Lipinski definition) is 2. The average Bonchev–Trinajstić information content (AvgIpc) is 2.10. The number of rotatable bonds is 6. The highest BCUT2D eigenvalue weighted by Gasteiger charge is 2.16. The van der Waals surface area contributed by atoms with E-state index in [0.717, 1.165) is 25.4 Å². The first-order chi connectivity index (χ1) is 6.83. The third-order valence-corrected chi connectivity index (χ3v) is 3.27. The first kappa shape index (κ1) is 11.7. The normalized spacial score (nSPS) is 17.9. The number of nitrogens with one attached hydrogen (secondary N) is 1. The van der Waals surface area contributed by atoms with Crippen molar-refractivity contribution in [2.24, 2.45) is 16.6 Å². The van der Waals surface area contributed by atoms with Gasteiger partial charge in [-0.2, -0.15) is 11.8 Å². The van der Waals surface area contributed by atoms with Gasteiger partial charge >= 0.3 is 0 Å². The number of thioether (sulfide) groups is 1. The van der Waals surface area contributed by atoms with E-state index in [4.69, 9.17) is 5.73 Å². The van der Waals surface area contributed by atoms with E-state index in [2.05, 4.69) is 16.6 Å². The maximum Gasteiger partial charge on any atom is 0.188 e. The smallest absolute Gasteiger partial charge is 0.188 e. The summed E-state index contributed by atoms with van der Waals surface area (Å²) in [4.78, 5) is 4.32. The summed E-state index contributed by atoms with van der Waals surface area (Å²) in [5.41, 5.74) is 5.72. The van der Waals surface area contributed by atoms with E-state index >= 15 is 0 Å². The lowest BCUT2D eigenvalue weighted by Crippen LogP contribution is -2.33. The molecule has 3 nitrogen and oxygen atoms in total. The number of hydrogen-bond acceptors (Lipinski definition) is 2. The van der Waals surface area contributed by atoms with Crippen LogP contribution >= 0.6 is 11.8 Å². The number of guanidine groups is 1. The molecule has 0 aromatic rings. The summed E-state index contributed by atoms with van der Waals surface area (Å²) >= 11 is 1.86. The molecule has 0 amide bonds. The lowest BCUT2D eigenvalue weighted by Gasteiger charge is -2.23. The minimum absolute atomic E-state index is 0.623. The van der Waals surface area contributed by atoms with Crippen molar-refractivity contribution < 1.29 is 0 Å². The van der Waals surface area contributed by atoms with E-state index < -0.39 is 0 Å². The van der Waals surface area contributed by atoms with Crippen LogP contribution in [-0.2, 0) is 0 Å². The Morgan fingerprint density at radius 1 is 1.57 bits per heavy atom. The van der Waals surface area contributed by atoms with Gasteiger partial charge < -0.3 is 11.1 Å². The summed E-state index contributed by atoms with van der Waals surface area (Å²) < 4.78 is 0. The van der Waals surface area contributed by atoms with E-state index in [-0.39, 0.29) is 0 Å². The predicted octanol–water partition coefficient (Wildman–Crippen LogP) is 1.44. The zero-order chi connectivity index (χ0) is 10.2. The summed E-state index contributed by atoms with van der Waals surface area (Å²) in [6, 6.07) is 0. The molecule has 0 saturated heterocycles. The summed E-state index contributed by atoms with van der Waals surface area (Å²) in [7, 11) is 0. The van der Waals surface area contributed by atoms with Gasteiger partial charge in [0, 0.05) is 13.1 Å². The predicted molar refractivity (Wildman–Crippen MR) is 64.8 cm³/mol. The molecule has 0 heterocycles. The number of nitrogens with zero attached hydrogens (tertiary/aromatic N) is 1. The first-order valence-electron chi connectivity index (χ1n) is 5.35. The summed E-state index contributed by atoms with van der Waals surface area (Å²) in [5.74, 6) is 2.61. The molecule has 0 aromatic carbocycles. The standard InChI is InChI=1S/C10H21N3S/c1-14-7-3-6-12-10(11)13-8-9-4-2-5-9/h9H,2-8H2,1H3,(H3,11,12,13). The molecule has 1 saturated carbocycles. The van der Waals surface area contributed by atoms with Crippen LogP contribution in [0, 0.1) is 5.92 Å². The van der Waals surface area contributed by atoms with Gasteiger partial charge in [0.1, 0.15) is 0 Å². The SMILES string of the molecule is CSCCCNC(N)=NCC1CCC1. The molecule has 0 bridgehead atoms. The second-order valence-corrected chi connectivity index (χ2v) is 4.78. The molecule has 1 fully saturated rings. The molecule has 0 spiro atoms. The molecule has 4 heteroatoms. The maximum absolute atomic E-state index is 5.72. The van der Waals surface area contributed by atoms with Crippen molar-refractivity contribution in [2.45, 2.75) is 25.7 Å². The van der Waals surface area contributed by atoms with E-state index in [0.29, 0.717) is 5.96 Å². The topological polar surface area (TPSA) is 50.4 Å². The van der Waals surface area contributed by atoms with Crippen LogP contribution in [-0.4, -0.2) is 31.1 Å². The van der Waals surface area contributed by atoms with Gasteiger partial charge in [-0.25, -0.2) is 0 Å². The highest BCUT2D eigenvalue weighted by molar-refractivity contribution is 7.98. The average molecular weight is 215 g/mol. The molecule has 1 aliphatic carbocycles. The van der Waals surface area contributed by atoms with Crippen LogP contribution in [0.2, 0.25) is 0 Å². The molecule has 14 heavy (non-hydrogen) atoms. The largest absolute Gasteiger partial charge is 0.370 e. The minimum Gasteiger partial charge on any atom is -0.370 e. The maximum atomic E-state index is 5.72. The zero-order valence-electron chi connectivity index (χ0n) is 8.96. The zero-order valence-corrected chi connectivity index (χ0v) is 9.78. The molecule has 0 aliphatic heterocycles. The van der Waals surface area contributed by atoms with Gasteiger partial charge in [0.05, 0.1) is 0 Å². The van der Waals surface area contributed by atoms with Crippen molar-refractivity contribution in [3.63, 3.8) is 0 Å². The van der Waals surface area contributed by atoms with Crippen LogP contribution in [0.25, 0.3) is 0 Å². The van der Waals surface area contributed by atoms with Crippen LogP contribution < -0.4 is 11.1 Å². The van der Waals surface area contributed by atoms with Crippen molar-refractivity contribution in [3.05, 3.63) is 0 Å². The fraction of sp³-hybridized carbons (Fsp3) is 0.900. The fourth-order valence-electron chi connectivity index (χ4n) is 1.39. The van der Waals surface area contributed by atoms with Gasteiger partial charge in [-0.3, -0.25) is 4.99 Å². The molecule has 0 radical (unpaired) electrons. The molecule has 82 valence electrons. The summed E-state index contributed by atoms with van der Waals surface area (Å²) in [6.45, 7) is 1.86. The van der Waals surface area contributed by atoms with Crippen LogP contribution in [0.15, 0.2) is 4.99 Å². The monoisotopic (exact) mass is 215 g/mol. The third kappa shape index (κ3) is 4.74. The second-order valence-electron chi connectivity index (χ2n) is 3.80. The second kappa shape index (κ2) is 6.98. The van der Waals surface area contributed by atoms with Gasteiger partial charge in [0.25, 0.3) is 0 Å². The highest BCUT2D eigenvalue weighted by Crippen LogP contribution is 2.26. The molecular weight excluding hydrogens is 194 g/mol. The van der Waals surface area contributed by atoms with E-state index in [1.54, 1.807) is 0 Å². The highest BCUT2D eigenvalue weighted by atomic mass is 32.2.